The fourth-order valence-electron chi connectivity index (χ4n) is 1.32. The first-order valence-corrected chi connectivity index (χ1v) is 5.24. The molecule has 0 aliphatic heterocycles. The molecule has 2 rings (SSSR count). The van der Waals surface area contributed by atoms with Gasteiger partial charge in [0.1, 0.15) is 5.58 Å². The highest BCUT2D eigenvalue weighted by Gasteiger charge is 2.01. The van der Waals surface area contributed by atoms with E-state index in [-0.39, 0.29) is 5.55 Å². The maximum Gasteiger partial charge on any atom is 0.216 e. The van der Waals surface area contributed by atoms with E-state index in [1.807, 2.05) is 30.3 Å². The SMILES string of the molecule is N=c1oc2ccccc2cc1CSN. The van der Waals surface area contributed by atoms with Gasteiger partial charge in [-0.3, -0.25) is 10.5 Å². The Morgan fingerprint density at radius 1 is 1.36 bits per heavy atom. The zero-order valence-corrected chi connectivity index (χ0v) is 8.30. The van der Waals surface area contributed by atoms with Gasteiger partial charge in [0.05, 0.1) is 0 Å². The van der Waals surface area contributed by atoms with Crippen molar-refractivity contribution in [1.82, 2.24) is 0 Å². The second-order valence-electron chi connectivity index (χ2n) is 2.95. The fourth-order valence-corrected chi connectivity index (χ4v) is 1.71. The first-order chi connectivity index (χ1) is 6.81. The van der Waals surface area contributed by atoms with Gasteiger partial charge < -0.3 is 4.42 Å². The summed E-state index contributed by atoms with van der Waals surface area (Å²) < 4.78 is 5.34. The number of hydrogen-bond donors (Lipinski definition) is 2. The van der Waals surface area contributed by atoms with Crippen molar-refractivity contribution in [2.75, 3.05) is 0 Å². The Hall–Kier alpha value is -1.26. The van der Waals surface area contributed by atoms with Crippen molar-refractivity contribution < 1.29 is 4.42 Å². The summed E-state index contributed by atoms with van der Waals surface area (Å²) >= 11 is 1.20. The third-order valence-corrected chi connectivity index (χ3v) is 2.47. The Kier molecular flexibility index (Phi) is 2.56. The summed E-state index contributed by atoms with van der Waals surface area (Å²) in [6.07, 6.45) is 0. The second-order valence-corrected chi connectivity index (χ2v) is 3.57. The summed E-state index contributed by atoms with van der Waals surface area (Å²) in [5, 5.41) is 14.0. The molecule has 0 amide bonds. The number of nitrogens with two attached hydrogens (primary N) is 1. The highest BCUT2D eigenvalue weighted by molar-refractivity contribution is 7.96. The van der Waals surface area contributed by atoms with Gasteiger partial charge in [-0.15, -0.1) is 0 Å². The summed E-state index contributed by atoms with van der Waals surface area (Å²) in [5.74, 6) is 0.604. The molecule has 2 aromatic rings. The predicted octanol–water partition coefficient (Wildman–Crippen LogP) is 2.02. The molecule has 0 aliphatic rings. The number of para-hydroxylation sites is 1. The quantitative estimate of drug-likeness (QED) is 0.739. The van der Waals surface area contributed by atoms with Crippen LogP contribution < -0.4 is 10.7 Å². The van der Waals surface area contributed by atoms with Crippen LogP contribution in [0.1, 0.15) is 5.56 Å². The molecule has 0 bridgehead atoms. The van der Waals surface area contributed by atoms with E-state index in [9.17, 15) is 0 Å². The van der Waals surface area contributed by atoms with Crippen molar-refractivity contribution in [3.63, 3.8) is 0 Å². The third kappa shape index (κ3) is 1.66. The average molecular weight is 206 g/mol. The van der Waals surface area contributed by atoms with E-state index in [1.165, 1.54) is 11.9 Å². The lowest BCUT2D eigenvalue weighted by atomic mass is 10.2. The molecule has 3 nitrogen and oxygen atoms in total. The fraction of sp³-hybridized carbons (Fsp3) is 0.100. The lowest BCUT2D eigenvalue weighted by Crippen LogP contribution is -2.06. The molecule has 1 aromatic carbocycles. The molecule has 0 unspecified atom stereocenters. The average Bonchev–Trinajstić information content (AvgIpc) is 2.19. The lowest BCUT2D eigenvalue weighted by molar-refractivity contribution is 0.526. The van der Waals surface area contributed by atoms with Crippen molar-refractivity contribution >= 4 is 22.9 Å². The Morgan fingerprint density at radius 3 is 2.93 bits per heavy atom. The van der Waals surface area contributed by atoms with Gasteiger partial charge in [0.25, 0.3) is 0 Å². The zero-order valence-electron chi connectivity index (χ0n) is 7.49. The molecule has 0 saturated carbocycles. The number of fused-ring (bicyclic) bond motifs is 1. The van der Waals surface area contributed by atoms with Gasteiger partial charge in [-0.25, -0.2) is 0 Å². The van der Waals surface area contributed by atoms with Gasteiger partial charge >= 0.3 is 0 Å². The minimum atomic E-state index is 0.196. The highest BCUT2D eigenvalue weighted by Crippen LogP contribution is 2.13. The molecule has 0 fully saturated rings. The lowest BCUT2D eigenvalue weighted by Gasteiger charge is -2.00. The van der Waals surface area contributed by atoms with Crippen LogP contribution in [0.4, 0.5) is 0 Å². The molecular weight excluding hydrogens is 196 g/mol. The molecule has 4 heteroatoms. The van der Waals surface area contributed by atoms with Gasteiger partial charge in [-0.2, -0.15) is 0 Å². The van der Waals surface area contributed by atoms with Crippen LogP contribution in [0, 0.1) is 5.41 Å². The molecule has 0 aliphatic carbocycles. The molecule has 72 valence electrons. The molecule has 1 aromatic heterocycles. The van der Waals surface area contributed by atoms with Crippen molar-refractivity contribution in [2.45, 2.75) is 5.75 Å². The van der Waals surface area contributed by atoms with Crippen LogP contribution >= 0.6 is 11.9 Å². The first-order valence-electron chi connectivity index (χ1n) is 4.19. The van der Waals surface area contributed by atoms with Crippen LogP contribution in [-0.2, 0) is 5.75 Å². The summed E-state index contributed by atoms with van der Waals surface area (Å²) in [4.78, 5) is 0. The van der Waals surface area contributed by atoms with Gasteiger partial charge in [0, 0.05) is 16.7 Å². The van der Waals surface area contributed by atoms with Gasteiger partial charge in [-0.1, -0.05) is 30.1 Å². The van der Waals surface area contributed by atoms with Crippen LogP contribution in [0.15, 0.2) is 34.7 Å². The van der Waals surface area contributed by atoms with Gasteiger partial charge in [0.2, 0.25) is 5.55 Å². The smallest absolute Gasteiger partial charge is 0.216 e. The summed E-state index contributed by atoms with van der Waals surface area (Å²) in [5.41, 5.74) is 1.76. The van der Waals surface area contributed by atoms with E-state index in [1.54, 1.807) is 0 Å². The first kappa shape index (κ1) is 9.30. The van der Waals surface area contributed by atoms with E-state index in [0.717, 1.165) is 16.5 Å². The van der Waals surface area contributed by atoms with Crippen molar-refractivity contribution in [2.24, 2.45) is 5.14 Å². The van der Waals surface area contributed by atoms with E-state index in [0.29, 0.717) is 5.75 Å². The van der Waals surface area contributed by atoms with Gasteiger partial charge in [-0.05, 0) is 12.1 Å². The molecule has 14 heavy (non-hydrogen) atoms. The van der Waals surface area contributed by atoms with Gasteiger partial charge in [0.15, 0.2) is 0 Å². The summed E-state index contributed by atoms with van der Waals surface area (Å²) in [7, 11) is 0. The largest absolute Gasteiger partial charge is 0.439 e. The third-order valence-electron chi connectivity index (χ3n) is 1.99. The van der Waals surface area contributed by atoms with E-state index < -0.39 is 0 Å². The van der Waals surface area contributed by atoms with Crippen LogP contribution in [-0.4, -0.2) is 0 Å². The number of rotatable bonds is 2. The van der Waals surface area contributed by atoms with Crippen LogP contribution in [0.25, 0.3) is 11.0 Å². The monoisotopic (exact) mass is 206 g/mol. The molecule has 3 N–H and O–H groups in total. The summed E-state index contributed by atoms with van der Waals surface area (Å²) in [6.45, 7) is 0. The van der Waals surface area contributed by atoms with E-state index in [4.69, 9.17) is 15.0 Å². The maximum atomic E-state index is 7.62. The Bertz CT molecular complexity index is 507. The topological polar surface area (TPSA) is 63.0 Å². The Labute approximate surface area is 85.6 Å². The second kappa shape index (κ2) is 3.86. The minimum Gasteiger partial charge on any atom is -0.439 e. The molecule has 0 atom stereocenters. The van der Waals surface area contributed by atoms with Crippen molar-refractivity contribution in [3.05, 3.63) is 41.4 Å². The van der Waals surface area contributed by atoms with E-state index >= 15 is 0 Å². The molecule has 0 saturated heterocycles. The van der Waals surface area contributed by atoms with Crippen LogP contribution in [0.5, 0.6) is 0 Å². The van der Waals surface area contributed by atoms with E-state index in [2.05, 4.69) is 0 Å². The number of hydrogen-bond acceptors (Lipinski definition) is 4. The molecule has 0 radical (unpaired) electrons. The highest BCUT2D eigenvalue weighted by atomic mass is 32.2. The number of benzene rings is 1. The minimum absolute atomic E-state index is 0.196. The van der Waals surface area contributed by atoms with Crippen molar-refractivity contribution in [3.8, 4) is 0 Å². The summed E-state index contributed by atoms with van der Waals surface area (Å²) in [6, 6.07) is 9.60. The van der Waals surface area contributed by atoms with Crippen molar-refractivity contribution in [1.29, 1.82) is 5.41 Å². The van der Waals surface area contributed by atoms with Crippen LogP contribution in [0.2, 0.25) is 0 Å². The maximum absolute atomic E-state index is 7.62. The standard InChI is InChI=1S/C10H10N2OS/c11-10-8(6-14-12)5-7-3-1-2-4-9(7)13-10/h1-5,11H,6,12H2. The molecular formula is C10H10N2OS. The Balaban J connectivity index is 2.65. The Morgan fingerprint density at radius 2 is 2.14 bits per heavy atom. The molecule has 0 spiro atoms. The predicted molar refractivity (Wildman–Crippen MR) is 57.6 cm³/mol. The van der Waals surface area contributed by atoms with Crippen LogP contribution in [0.3, 0.4) is 0 Å². The zero-order chi connectivity index (χ0) is 9.97. The molecule has 1 heterocycles. The number of nitrogens with one attached hydrogen (secondary N) is 1. The normalized spacial score (nSPS) is 10.6.